The lowest BCUT2D eigenvalue weighted by Gasteiger charge is -2.14. The second-order valence-corrected chi connectivity index (χ2v) is 4.37. The third-order valence-corrected chi connectivity index (χ3v) is 2.43. The molecule has 0 unspecified atom stereocenters. The molecule has 0 spiro atoms. The molecule has 1 heterocycles. The van der Waals surface area contributed by atoms with Crippen molar-refractivity contribution < 1.29 is 9.53 Å². The van der Waals surface area contributed by atoms with E-state index in [1.165, 1.54) is 0 Å². The lowest BCUT2D eigenvalue weighted by molar-refractivity contribution is -0.122. The van der Waals surface area contributed by atoms with Crippen molar-refractivity contribution >= 4 is 5.91 Å². The summed E-state index contributed by atoms with van der Waals surface area (Å²) in [7, 11) is 0. The van der Waals surface area contributed by atoms with Crippen LogP contribution < -0.4 is 15.8 Å². The standard InChI is InChI=1S/C13H21N3O2/c1-4-11(14)12(17)16-8-10-6-5-7-15-13(10)18-9(2)3/h5-7,9,11H,4,8,14H2,1-3H3,(H,16,17)/t11-/m0/s1. The van der Waals surface area contributed by atoms with Gasteiger partial charge < -0.3 is 15.8 Å². The fraction of sp³-hybridized carbons (Fsp3) is 0.538. The van der Waals surface area contributed by atoms with E-state index in [1.807, 2.05) is 32.9 Å². The number of hydrogen-bond donors (Lipinski definition) is 2. The average molecular weight is 251 g/mol. The summed E-state index contributed by atoms with van der Waals surface area (Å²) in [5.74, 6) is 0.398. The van der Waals surface area contributed by atoms with E-state index in [2.05, 4.69) is 10.3 Å². The van der Waals surface area contributed by atoms with Gasteiger partial charge in [-0.1, -0.05) is 13.0 Å². The van der Waals surface area contributed by atoms with E-state index in [9.17, 15) is 4.79 Å². The molecule has 0 aliphatic rings. The number of amides is 1. The van der Waals surface area contributed by atoms with Gasteiger partial charge in [-0.2, -0.15) is 0 Å². The molecule has 0 saturated heterocycles. The van der Waals surface area contributed by atoms with Crippen molar-refractivity contribution in [2.75, 3.05) is 0 Å². The molecule has 3 N–H and O–H groups in total. The largest absolute Gasteiger partial charge is 0.475 e. The summed E-state index contributed by atoms with van der Waals surface area (Å²) in [6.45, 7) is 6.12. The monoisotopic (exact) mass is 251 g/mol. The molecular formula is C13H21N3O2. The first-order chi connectivity index (χ1) is 8.54. The highest BCUT2D eigenvalue weighted by Gasteiger charge is 2.12. The van der Waals surface area contributed by atoms with E-state index >= 15 is 0 Å². The van der Waals surface area contributed by atoms with Crippen molar-refractivity contribution in [1.29, 1.82) is 0 Å². The number of rotatable bonds is 6. The second-order valence-electron chi connectivity index (χ2n) is 4.37. The summed E-state index contributed by atoms with van der Waals surface area (Å²) >= 11 is 0. The van der Waals surface area contributed by atoms with E-state index < -0.39 is 6.04 Å². The molecule has 0 radical (unpaired) electrons. The molecule has 0 aromatic carbocycles. The molecule has 1 amide bonds. The van der Waals surface area contributed by atoms with Gasteiger partial charge in [-0.05, 0) is 26.3 Å². The summed E-state index contributed by atoms with van der Waals surface area (Å²) in [4.78, 5) is 15.7. The summed E-state index contributed by atoms with van der Waals surface area (Å²) in [5.41, 5.74) is 6.49. The van der Waals surface area contributed by atoms with Crippen molar-refractivity contribution in [3.63, 3.8) is 0 Å². The molecule has 1 aromatic heterocycles. The minimum absolute atomic E-state index is 0.0484. The summed E-state index contributed by atoms with van der Waals surface area (Å²) in [6.07, 6.45) is 2.34. The summed E-state index contributed by atoms with van der Waals surface area (Å²) < 4.78 is 5.57. The number of nitrogens with two attached hydrogens (primary N) is 1. The number of carbonyl (C=O) groups is 1. The fourth-order valence-electron chi connectivity index (χ4n) is 1.39. The molecule has 1 aromatic rings. The SMILES string of the molecule is CC[C@H](N)C(=O)NCc1cccnc1OC(C)C. The molecule has 5 nitrogen and oxygen atoms in total. The first-order valence-corrected chi connectivity index (χ1v) is 6.18. The zero-order valence-corrected chi connectivity index (χ0v) is 11.1. The van der Waals surface area contributed by atoms with Gasteiger partial charge in [0.25, 0.3) is 0 Å². The Morgan fingerprint density at radius 1 is 1.56 bits per heavy atom. The van der Waals surface area contributed by atoms with Gasteiger partial charge in [0, 0.05) is 18.3 Å². The second kappa shape index (κ2) is 6.96. The van der Waals surface area contributed by atoms with Gasteiger partial charge in [0.15, 0.2) is 0 Å². The first-order valence-electron chi connectivity index (χ1n) is 6.18. The number of pyridine rings is 1. The highest BCUT2D eigenvalue weighted by molar-refractivity contribution is 5.81. The summed E-state index contributed by atoms with van der Waals surface area (Å²) in [5, 5.41) is 2.78. The van der Waals surface area contributed by atoms with E-state index in [0.29, 0.717) is 18.8 Å². The van der Waals surface area contributed by atoms with E-state index in [-0.39, 0.29) is 12.0 Å². The minimum atomic E-state index is -0.462. The molecule has 1 rings (SSSR count). The normalized spacial score (nSPS) is 12.3. The molecule has 5 heteroatoms. The van der Waals surface area contributed by atoms with Crippen molar-refractivity contribution in [2.24, 2.45) is 5.73 Å². The third kappa shape index (κ3) is 4.33. The van der Waals surface area contributed by atoms with Gasteiger partial charge in [0.1, 0.15) is 0 Å². The van der Waals surface area contributed by atoms with Crippen LogP contribution in [-0.4, -0.2) is 23.0 Å². The molecule has 1 atom stereocenters. The van der Waals surface area contributed by atoms with Gasteiger partial charge in [-0.3, -0.25) is 4.79 Å². The highest BCUT2D eigenvalue weighted by Crippen LogP contribution is 2.15. The van der Waals surface area contributed by atoms with Crippen LogP contribution in [0.5, 0.6) is 5.88 Å². The molecule has 0 bridgehead atoms. The molecule has 0 aliphatic carbocycles. The van der Waals surface area contributed by atoms with Crippen LogP contribution in [0.15, 0.2) is 18.3 Å². The molecule has 100 valence electrons. The van der Waals surface area contributed by atoms with E-state index in [4.69, 9.17) is 10.5 Å². The number of nitrogens with one attached hydrogen (secondary N) is 1. The van der Waals surface area contributed by atoms with Crippen LogP contribution in [0.3, 0.4) is 0 Å². The van der Waals surface area contributed by atoms with Gasteiger partial charge in [-0.15, -0.1) is 0 Å². The Hall–Kier alpha value is -1.62. The van der Waals surface area contributed by atoms with Crippen LogP contribution in [0.1, 0.15) is 32.8 Å². The van der Waals surface area contributed by atoms with Crippen LogP contribution in [-0.2, 0) is 11.3 Å². The Morgan fingerprint density at radius 3 is 2.89 bits per heavy atom. The lowest BCUT2D eigenvalue weighted by Crippen LogP contribution is -2.39. The third-order valence-electron chi connectivity index (χ3n) is 2.43. The van der Waals surface area contributed by atoms with Crippen LogP contribution in [0.2, 0.25) is 0 Å². The minimum Gasteiger partial charge on any atom is -0.475 e. The quantitative estimate of drug-likeness (QED) is 0.797. The fourth-order valence-corrected chi connectivity index (χ4v) is 1.39. The van der Waals surface area contributed by atoms with Crippen LogP contribution in [0.4, 0.5) is 0 Å². The predicted molar refractivity (Wildman–Crippen MR) is 70.1 cm³/mol. The Balaban J connectivity index is 2.64. The molecule has 0 fully saturated rings. The maximum atomic E-state index is 11.6. The van der Waals surface area contributed by atoms with Crippen LogP contribution >= 0.6 is 0 Å². The smallest absolute Gasteiger partial charge is 0.237 e. The Kier molecular flexibility index (Phi) is 5.58. The lowest BCUT2D eigenvalue weighted by atomic mass is 10.2. The zero-order chi connectivity index (χ0) is 13.5. The van der Waals surface area contributed by atoms with Crippen molar-refractivity contribution in [2.45, 2.75) is 45.9 Å². The maximum absolute atomic E-state index is 11.6. The Labute approximate surface area is 108 Å². The van der Waals surface area contributed by atoms with Gasteiger partial charge in [0.2, 0.25) is 11.8 Å². The summed E-state index contributed by atoms with van der Waals surface area (Å²) in [6, 6.07) is 3.23. The average Bonchev–Trinajstić information content (AvgIpc) is 2.35. The zero-order valence-electron chi connectivity index (χ0n) is 11.1. The number of aromatic nitrogens is 1. The molecular weight excluding hydrogens is 230 g/mol. The highest BCUT2D eigenvalue weighted by atomic mass is 16.5. The van der Waals surface area contributed by atoms with Gasteiger partial charge in [-0.25, -0.2) is 4.98 Å². The number of nitrogens with zero attached hydrogens (tertiary/aromatic N) is 1. The van der Waals surface area contributed by atoms with E-state index in [1.54, 1.807) is 6.20 Å². The maximum Gasteiger partial charge on any atom is 0.237 e. The van der Waals surface area contributed by atoms with Crippen molar-refractivity contribution in [3.8, 4) is 5.88 Å². The molecule has 0 saturated carbocycles. The van der Waals surface area contributed by atoms with Crippen LogP contribution in [0.25, 0.3) is 0 Å². The Bertz CT molecular complexity index is 394. The van der Waals surface area contributed by atoms with Crippen molar-refractivity contribution in [3.05, 3.63) is 23.9 Å². The van der Waals surface area contributed by atoms with Gasteiger partial charge in [0.05, 0.1) is 12.1 Å². The van der Waals surface area contributed by atoms with Gasteiger partial charge >= 0.3 is 0 Å². The van der Waals surface area contributed by atoms with E-state index in [0.717, 1.165) is 5.56 Å². The number of hydrogen-bond acceptors (Lipinski definition) is 4. The number of ether oxygens (including phenoxy) is 1. The topological polar surface area (TPSA) is 77.2 Å². The molecule has 18 heavy (non-hydrogen) atoms. The first kappa shape index (κ1) is 14.4. The Morgan fingerprint density at radius 2 is 2.28 bits per heavy atom. The van der Waals surface area contributed by atoms with Crippen molar-refractivity contribution in [1.82, 2.24) is 10.3 Å². The van der Waals surface area contributed by atoms with Crippen LogP contribution in [0, 0.1) is 0 Å². The predicted octanol–water partition coefficient (Wildman–Crippen LogP) is 1.22. The molecule has 0 aliphatic heterocycles. The number of carbonyl (C=O) groups excluding carboxylic acids is 1.